The number of rotatable bonds is 4. The number of nitrogens with zero attached hydrogens (tertiary/aromatic N) is 1. The van der Waals surface area contributed by atoms with Crippen LogP contribution in [0.2, 0.25) is 0 Å². The number of aromatic nitrogens is 1. The molecule has 1 aliphatic carbocycles. The fourth-order valence-electron chi connectivity index (χ4n) is 2.57. The van der Waals surface area contributed by atoms with Crippen LogP contribution in [0.1, 0.15) is 23.9 Å². The molecule has 0 bridgehead atoms. The van der Waals surface area contributed by atoms with Crippen LogP contribution in [0.5, 0.6) is 5.75 Å². The van der Waals surface area contributed by atoms with Gasteiger partial charge in [0.2, 0.25) is 0 Å². The third kappa shape index (κ3) is 2.93. The van der Waals surface area contributed by atoms with E-state index in [1.807, 2.05) is 31.2 Å². The molecule has 5 heteroatoms. The van der Waals surface area contributed by atoms with Crippen molar-refractivity contribution in [3.05, 3.63) is 34.8 Å². The highest BCUT2D eigenvalue weighted by atomic mass is 32.1. The lowest BCUT2D eigenvalue weighted by Gasteiger charge is -2.16. The zero-order chi connectivity index (χ0) is 14.8. The first-order valence-corrected chi connectivity index (χ1v) is 7.93. The van der Waals surface area contributed by atoms with Crippen LogP contribution in [-0.4, -0.2) is 22.7 Å². The second kappa shape index (κ2) is 5.85. The first kappa shape index (κ1) is 14.1. The van der Waals surface area contributed by atoms with E-state index in [1.54, 1.807) is 11.3 Å². The molecule has 2 aromatic rings. The minimum absolute atomic E-state index is 0.258. The van der Waals surface area contributed by atoms with Gasteiger partial charge in [0.05, 0.1) is 18.2 Å². The summed E-state index contributed by atoms with van der Waals surface area (Å²) in [7, 11) is 0. The second-order valence-corrected chi connectivity index (χ2v) is 6.21. The molecule has 1 atom stereocenters. The molecule has 1 unspecified atom stereocenters. The quantitative estimate of drug-likeness (QED) is 0.940. The number of aryl methyl sites for hydroxylation is 1. The van der Waals surface area contributed by atoms with Gasteiger partial charge in [-0.15, -0.1) is 11.3 Å². The van der Waals surface area contributed by atoms with Crippen molar-refractivity contribution < 1.29 is 14.6 Å². The standard InChI is InChI=1S/C16H17NO3S/c1-2-20-12-6-3-10(4-7-12)15-17-13-8-5-11(16(18)19)9-14(13)21-15/h3-4,6-7,11H,2,5,8-9H2,1H3,(H,18,19). The smallest absolute Gasteiger partial charge is 0.306 e. The molecule has 0 amide bonds. The summed E-state index contributed by atoms with van der Waals surface area (Å²) in [6, 6.07) is 7.90. The number of aliphatic carboxylic acids is 1. The van der Waals surface area contributed by atoms with Gasteiger partial charge in [0.25, 0.3) is 0 Å². The third-order valence-corrected chi connectivity index (χ3v) is 4.87. The summed E-state index contributed by atoms with van der Waals surface area (Å²) < 4.78 is 5.44. The summed E-state index contributed by atoms with van der Waals surface area (Å²) in [6.45, 7) is 2.61. The first-order chi connectivity index (χ1) is 10.2. The molecule has 4 nitrogen and oxygen atoms in total. The lowest BCUT2D eigenvalue weighted by Crippen LogP contribution is -2.21. The minimum Gasteiger partial charge on any atom is -0.494 e. The maximum atomic E-state index is 11.1. The zero-order valence-electron chi connectivity index (χ0n) is 11.8. The highest BCUT2D eigenvalue weighted by molar-refractivity contribution is 7.15. The van der Waals surface area contributed by atoms with Gasteiger partial charge >= 0.3 is 5.97 Å². The average Bonchev–Trinajstić information content (AvgIpc) is 2.91. The van der Waals surface area contributed by atoms with Crippen LogP contribution >= 0.6 is 11.3 Å². The van der Waals surface area contributed by atoms with Crippen LogP contribution in [0.15, 0.2) is 24.3 Å². The summed E-state index contributed by atoms with van der Waals surface area (Å²) in [6.07, 6.45) is 2.06. The van der Waals surface area contributed by atoms with Crippen molar-refractivity contribution in [1.82, 2.24) is 4.98 Å². The van der Waals surface area contributed by atoms with Crippen LogP contribution in [0, 0.1) is 5.92 Å². The van der Waals surface area contributed by atoms with Gasteiger partial charge in [0, 0.05) is 10.4 Å². The number of hydrogen-bond acceptors (Lipinski definition) is 4. The third-order valence-electron chi connectivity index (χ3n) is 3.70. The van der Waals surface area contributed by atoms with Crippen LogP contribution in [0.3, 0.4) is 0 Å². The normalized spacial score (nSPS) is 17.3. The summed E-state index contributed by atoms with van der Waals surface area (Å²) in [5.74, 6) is -0.101. The van der Waals surface area contributed by atoms with E-state index in [0.717, 1.165) is 33.3 Å². The predicted molar refractivity (Wildman–Crippen MR) is 81.9 cm³/mol. The number of carbonyl (C=O) groups is 1. The number of fused-ring (bicyclic) bond motifs is 1. The summed E-state index contributed by atoms with van der Waals surface area (Å²) in [4.78, 5) is 16.9. The van der Waals surface area contributed by atoms with E-state index in [0.29, 0.717) is 19.4 Å². The Labute approximate surface area is 127 Å². The van der Waals surface area contributed by atoms with E-state index in [-0.39, 0.29) is 5.92 Å². The van der Waals surface area contributed by atoms with E-state index < -0.39 is 5.97 Å². The van der Waals surface area contributed by atoms with Gasteiger partial charge in [-0.05, 0) is 50.5 Å². The fourth-order valence-corrected chi connectivity index (χ4v) is 3.76. The molecule has 110 valence electrons. The molecule has 0 spiro atoms. The fraction of sp³-hybridized carbons (Fsp3) is 0.375. The Hall–Kier alpha value is -1.88. The number of carboxylic acid groups (broad SMARTS) is 1. The van der Waals surface area contributed by atoms with E-state index in [9.17, 15) is 4.79 Å². The maximum absolute atomic E-state index is 11.1. The first-order valence-electron chi connectivity index (χ1n) is 7.12. The Morgan fingerprint density at radius 2 is 2.19 bits per heavy atom. The highest BCUT2D eigenvalue weighted by Crippen LogP contribution is 2.35. The monoisotopic (exact) mass is 303 g/mol. The van der Waals surface area contributed by atoms with Gasteiger partial charge in [-0.25, -0.2) is 4.98 Å². The molecule has 1 heterocycles. The zero-order valence-corrected chi connectivity index (χ0v) is 12.7. The minimum atomic E-state index is -0.698. The van der Waals surface area contributed by atoms with E-state index >= 15 is 0 Å². The van der Waals surface area contributed by atoms with Gasteiger partial charge < -0.3 is 9.84 Å². The highest BCUT2D eigenvalue weighted by Gasteiger charge is 2.27. The molecule has 1 aromatic heterocycles. The molecular formula is C16H17NO3S. The van der Waals surface area contributed by atoms with E-state index in [4.69, 9.17) is 9.84 Å². The molecule has 1 aromatic carbocycles. The van der Waals surface area contributed by atoms with Gasteiger partial charge in [-0.2, -0.15) is 0 Å². The maximum Gasteiger partial charge on any atom is 0.306 e. The van der Waals surface area contributed by atoms with Gasteiger partial charge in [0.1, 0.15) is 10.8 Å². The van der Waals surface area contributed by atoms with Gasteiger partial charge in [-0.1, -0.05) is 0 Å². The van der Waals surface area contributed by atoms with Crippen molar-refractivity contribution in [2.24, 2.45) is 5.92 Å². The van der Waals surface area contributed by atoms with Gasteiger partial charge in [-0.3, -0.25) is 4.79 Å². The number of thiazole rings is 1. The second-order valence-electron chi connectivity index (χ2n) is 5.12. The van der Waals surface area contributed by atoms with Crippen molar-refractivity contribution in [1.29, 1.82) is 0 Å². The van der Waals surface area contributed by atoms with Crippen molar-refractivity contribution in [2.75, 3.05) is 6.61 Å². The SMILES string of the molecule is CCOc1ccc(-c2nc3c(s2)CC(C(=O)O)CC3)cc1. The molecule has 0 radical (unpaired) electrons. The Morgan fingerprint density at radius 1 is 1.43 bits per heavy atom. The summed E-state index contributed by atoms with van der Waals surface area (Å²) >= 11 is 1.61. The molecule has 0 aliphatic heterocycles. The molecule has 1 aliphatic rings. The number of carboxylic acids is 1. The van der Waals surface area contributed by atoms with Crippen molar-refractivity contribution >= 4 is 17.3 Å². The van der Waals surface area contributed by atoms with Crippen LogP contribution in [-0.2, 0) is 17.6 Å². The Bertz CT molecular complexity index is 648. The largest absolute Gasteiger partial charge is 0.494 e. The Balaban J connectivity index is 1.83. The average molecular weight is 303 g/mol. The summed E-state index contributed by atoms with van der Waals surface area (Å²) in [5, 5.41) is 10.1. The van der Waals surface area contributed by atoms with Crippen LogP contribution in [0.25, 0.3) is 10.6 Å². The molecule has 3 rings (SSSR count). The van der Waals surface area contributed by atoms with Gasteiger partial charge in [0.15, 0.2) is 0 Å². The van der Waals surface area contributed by atoms with Crippen molar-refractivity contribution in [3.63, 3.8) is 0 Å². The van der Waals surface area contributed by atoms with Crippen molar-refractivity contribution in [3.8, 4) is 16.3 Å². The predicted octanol–water partition coefficient (Wildman–Crippen LogP) is 3.40. The Morgan fingerprint density at radius 3 is 2.86 bits per heavy atom. The number of hydrogen-bond donors (Lipinski definition) is 1. The molecule has 0 saturated carbocycles. The van der Waals surface area contributed by atoms with Crippen LogP contribution in [0.4, 0.5) is 0 Å². The van der Waals surface area contributed by atoms with E-state index in [2.05, 4.69) is 4.98 Å². The number of benzene rings is 1. The summed E-state index contributed by atoms with van der Waals surface area (Å²) in [5.41, 5.74) is 2.13. The molecular weight excluding hydrogens is 286 g/mol. The molecule has 21 heavy (non-hydrogen) atoms. The lowest BCUT2D eigenvalue weighted by molar-refractivity contribution is -0.142. The van der Waals surface area contributed by atoms with Crippen molar-refractivity contribution in [2.45, 2.75) is 26.2 Å². The Kier molecular flexibility index (Phi) is 3.92. The van der Waals surface area contributed by atoms with E-state index in [1.165, 1.54) is 0 Å². The number of ether oxygens (including phenoxy) is 1. The molecule has 1 N–H and O–H groups in total. The van der Waals surface area contributed by atoms with Crippen LogP contribution < -0.4 is 4.74 Å². The topological polar surface area (TPSA) is 59.4 Å². The molecule has 0 saturated heterocycles. The lowest BCUT2D eigenvalue weighted by atomic mass is 9.91. The molecule has 0 fully saturated rings.